The first-order valence-electron chi connectivity index (χ1n) is 9.28. The third kappa shape index (κ3) is 6.07. The van der Waals surface area contributed by atoms with E-state index in [1.165, 1.54) is 0 Å². The van der Waals surface area contributed by atoms with E-state index in [1.807, 2.05) is 35.2 Å². The van der Waals surface area contributed by atoms with Gasteiger partial charge >= 0.3 is 0 Å². The highest BCUT2D eigenvalue weighted by Crippen LogP contribution is 2.36. The van der Waals surface area contributed by atoms with Gasteiger partial charge in [-0.25, -0.2) is 0 Å². The number of piperidine rings is 1. The quantitative estimate of drug-likeness (QED) is 0.698. The molecule has 1 aromatic carbocycles. The van der Waals surface area contributed by atoms with Crippen LogP contribution < -0.4 is 10.5 Å². The molecule has 2 amide bonds. The highest BCUT2D eigenvalue weighted by atomic mass is 16.5. The van der Waals surface area contributed by atoms with E-state index in [9.17, 15) is 9.59 Å². The molecule has 0 bridgehead atoms. The Hall–Kier alpha value is -2.04. The van der Waals surface area contributed by atoms with Gasteiger partial charge in [-0.3, -0.25) is 9.59 Å². The fourth-order valence-corrected chi connectivity index (χ4v) is 3.41. The van der Waals surface area contributed by atoms with E-state index in [1.54, 1.807) is 0 Å². The summed E-state index contributed by atoms with van der Waals surface area (Å²) in [5, 5.41) is 0. The largest absolute Gasteiger partial charge is 0.493 e. The smallest absolute Gasteiger partial charge is 0.222 e. The second-order valence-corrected chi connectivity index (χ2v) is 7.08. The number of nitrogens with two attached hydrogens (primary N) is 1. The molecule has 138 valence electrons. The molecule has 1 heterocycles. The topological polar surface area (TPSA) is 72.6 Å². The van der Waals surface area contributed by atoms with Gasteiger partial charge in [-0.05, 0) is 31.4 Å². The van der Waals surface area contributed by atoms with Gasteiger partial charge in [0.15, 0.2) is 0 Å². The molecule has 0 saturated carbocycles. The van der Waals surface area contributed by atoms with Gasteiger partial charge in [-0.15, -0.1) is 0 Å². The molecule has 1 fully saturated rings. The standard InChI is InChI=1S/C20H30N2O3/c1-2-3-5-10-19(24)22-13-11-20(12-14-22,15-18(21)23)16-25-17-8-6-4-7-9-17/h4,6-9H,2-3,5,10-16H2,1H3,(H2,21,23). The number of amides is 2. The van der Waals surface area contributed by atoms with Crippen LogP contribution in [0.4, 0.5) is 0 Å². The average Bonchev–Trinajstić information content (AvgIpc) is 2.61. The summed E-state index contributed by atoms with van der Waals surface area (Å²) in [5.41, 5.74) is 5.20. The van der Waals surface area contributed by atoms with Crippen LogP contribution >= 0.6 is 0 Å². The van der Waals surface area contributed by atoms with Crippen molar-refractivity contribution in [1.82, 2.24) is 4.90 Å². The summed E-state index contributed by atoms with van der Waals surface area (Å²) >= 11 is 0. The Bertz CT molecular complexity index is 551. The predicted octanol–water partition coefficient (Wildman–Crippen LogP) is 3.13. The van der Waals surface area contributed by atoms with Gasteiger partial charge in [0.1, 0.15) is 5.75 Å². The summed E-state index contributed by atoms with van der Waals surface area (Å²) in [7, 11) is 0. The molecule has 0 radical (unpaired) electrons. The van der Waals surface area contributed by atoms with Crippen molar-refractivity contribution < 1.29 is 14.3 Å². The van der Waals surface area contributed by atoms with Crippen LogP contribution in [0.5, 0.6) is 5.75 Å². The van der Waals surface area contributed by atoms with Crippen molar-refractivity contribution in [3.05, 3.63) is 30.3 Å². The summed E-state index contributed by atoms with van der Waals surface area (Å²) in [5.74, 6) is 0.717. The molecule has 0 unspecified atom stereocenters. The first-order chi connectivity index (χ1) is 12.0. The number of rotatable bonds is 9. The van der Waals surface area contributed by atoms with Gasteiger partial charge < -0.3 is 15.4 Å². The van der Waals surface area contributed by atoms with Gasteiger partial charge in [-0.1, -0.05) is 38.0 Å². The Labute approximate surface area is 150 Å². The lowest BCUT2D eigenvalue weighted by Crippen LogP contribution is -2.47. The molecular weight excluding hydrogens is 316 g/mol. The van der Waals surface area contributed by atoms with Crippen LogP contribution in [0.1, 0.15) is 51.9 Å². The van der Waals surface area contributed by atoms with E-state index in [2.05, 4.69) is 6.92 Å². The SMILES string of the molecule is CCCCCC(=O)N1CCC(COc2ccccc2)(CC(N)=O)CC1. The zero-order valence-electron chi connectivity index (χ0n) is 15.2. The highest BCUT2D eigenvalue weighted by Gasteiger charge is 2.38. The van der Waals surface area contributed by atoms with Crippen LogP contribution in [0.3, 0.4) is 0 Å². The minimum Gasteiger partial charge on any atom is -0.493 e. The van der Waals surface area contributed by atoms with E-state index in [4.69, 9.17) is 10.5 Å². The molecule has 1 saturated heterocycles. The van der Waals surface area contributed by atoms with Crippen molar-refractivity contribution in [2.75, 3.05) is 19.7 Å². The number of carbonyl (C=O) groups is 2. The van der Waals surface area contributed by atoms with Gasteiger partial charge in [0.05, 0.1) is 6.61 Å². The van der Waals surface area contributed by atoms with Crippen LogP contribution in [0.25, 0.3) is 0 Å². The molecule has 1 aromatic rings. The summed E-state index contributed by atoms with van der Waals surface area (Å²) in [6.07, 6.45) is 5.59. The summed E-state index contributed by atoms with van der Waals surface area (Å²) < 4.78 is 5.91. The van der Waals surface area contributed by atoms with Gasteiger partial charge in [0.25, 0.3) is 0 Å². The van der Waals surface area contributed by atoms with Crippen LogP contribution in [0, 0.1) is 5.41 Å². The minimum absolute atomic E-state index is 0.227. The van der Waals surface area contributed by atoms with Crippen LogP contribution in [-0.4, -0.2) is 36.4 Å². The van der Waals surface area contributed by atoms with Gasteiger partial charge in [-0.2, -0.15) is 0 Å². The first-order valence-corrected chi connectivity index (χ1v) is 9.28. The predicted molar refractivity (Wildman–Crippen MR) is 98.1 cm³/mol. The van der Waals surface area contributed by atoms with E-state index in [0.717, 1.165) is 37.9 Å². The maximum absolute atomic E-state index is 12.3. The molecule has 25 heavy (non-hydrogen) atoms. The Balaban J connectivity index is 1.91. The van der Waals surface area contributed by atoms with Crippen LogP contribution in [0.2, 0.25) is 0 Å². The normalized spacial score (nSPS) is 16.4. The number of hydrogen-bond donors (Lipinski definition) is 1. The summed E-state index contributed by atoms with van der Waals surface area (Å²) in [6, 6.07) is 9.60. The zero-order chi connectivity index (χ0) is 18.1. The monoisotopic (exact) mass is 346 g/mol. The second-order valence-electron chi connectivity index (χ2n) is 7.08. The van der Waals surface area contributed by atoms with Crippen LogP contribution in [-0.2, 0) is 9.59 Å². The lowest BCUT2D eigenvalue weighted by atomic mass is 9.76. The summed E-state index contributed by atoms with van der Waals surface area (Å²) in [4.78, 5) is 25.8. The Morgan fingerprint density at radius 1 is 1.16 bits per heavy atom. The maximum Gasteiger partial charge on any atom is 0.222 e. The van der Waals surface area contributed by atoms with E-state index < -0.39 is 0 Å². The Kier molecular flexibility index (Phi) is 7.29. The third-order valence-electron chi connectivity index (χ3n) is 5.01. The van der Waals surface area contributed by atoms with Gasteiger partial charge in [0.2, 0.25) is 11.8 Å². The number of likely N-dealkylation sites (tertiary alicyclic amines) is 1. The number of benzene rings is 1. The van der Waals surface area contributed by atoms with Crippen molar-refractivity contribution >= 4 is 11.8 Å². The Morgan fingerprint density at radius 3 is 2.44 bits per heavy atom. The van der Waals surface area contributed by atoms with Crippen LogP contribution in [0.15, 0.2) is 30.3 Å². The van der Waals surface area contributed by atoms with Crippen molar-refractivity contribution in [3.8, 4) is 5.75 Å². The average molecular weight is 346 g/mol. The molecule has 0 atom stereocenters. The van der Waals surface area contributed by atoms with Crippen molar-refractivity contribution in [2.24, 2.45) is 11.1 Å². The third-order valence-corrected chi connectivity index (χ3v) is 5.01. The van der Waals surface area contributed by atoms with Crippen molar-refractivity contribution in [1.29, 1.82) is 0 Å². The number of unbranched alkanes of at least 4 members (excludes halogenated alkanes) is 2. The van der Waals surface area contributed by atoms with Crippen molar-refractivity contribution in [2.45, 2.75) is 51.9 Å². The molecule has 0 aromatic heterocycles. The fourth-order valence-electron chi connectivity index (χ4n) is 3.41. The molecule has 2 N–H and O–H groups in total. The number of nitrogens with zero attached hydrogens (tertiary/aromatic N) is 1. The molecule has 0 spiro atoms. The lowest BCUT2D eigenvalue weighted by molar-refractivity contribution is -0.134. The van der Waals surface area contributed by atoms with E-state index in [0.29, 0.717) is 32.5 Å². The maximum atomic E-state index is 12.3. The number of hydrogen-bond acceptors (Lipinski definition) is 3. The minimum atomic E-state index is -0.306. The zero-order valence-corrected chi connectivity index (χ0v) is 15.2. The number of para-hydroxylation sites is 1. The Morgan fingerprint density at radius 2 is 1.84 bits per heavy atom. The molecule has 2 rings (SSSR count). The van der Waals surface area contributed by atoms with Gasteiger partial charge in [0, 0.05) is 31.3 Å². The second kappa shape index (κ2) is 9.44. The lowest BCUT2D eigenvalue weighted by Gasteiger charge is -2.41. The molecule has 0 aliphatic carbocycles. The number of primary amides is 1. The fraction of sp³-hybridized carbons (Fsp3) is 0.600. The molecule has 5 heteroatoms. The number of ether oxygens (including phenoxy) is 1. The molecule has 1 aliphatic heterocycles. The summed E-state index contributed by atoms with van der Waals surface area (Å²) in [6.45, 7) is 3.95. The van der Waals surface area contributed by atoms with E-state index >= 15 is 0 Å². The molecule has 1 aliphatic rings. The molecular formula is C20H30N2O3. The highest BCUT2D eigenvalue weighted by molar-refractivity contribution is 5.76. The molecule has 5 nitrogen and oxygen atoms in total. The number of carbonyl (C=O) groups excluding carboxylic acids is 2. The van der Waals surface area contributed by atoms with E-state index in [-0.39, 0.29) is 17.2 Å². The first kappa shape index (κ1) is 19.3. The van der Waals surface area contributed by atoms with Crippen molar-refractivity contribution in [3.63, 3.8) is 0 Å².